The molecule has 0 aliphatic carbocycles. The van der Waals surface area contributed by atoms with Crippen molar-refractivity contribution in [3.8, 4) is 0 Å². The average molecular weight is 274 g/mol. The van der Waals surface area contributed by atoms with Crippen LogP contribution >= 0.6 is 0 Å². The summed E-state index contributed by atoms with van der Waals surface area (Å²) >= 11 is 0. The van der Waals surface area contributed by atoms with Crippen LogP contribution < -0.4 is 5.32 Å². The second-order valence-electron chi connectivity index (χ2n) is 5.70. The lowest BCUT2D eigenvalue weighted by atomic mass is 9.97. The summed E-state index contributed by atoms with van der Waals surface area (Å²) in [5, 5.41) is 3.20. The van der Waals surface area contributed by atoms with Crippen molar-refractivity contribution in [3.05, 3.63) is 35.4 Å². The van der Waals surface area contributed by atoms with E-state index >= 15 is 0 Å². The minimum absolute atomic E-state index is 0.135. The van der Waals surface area contributed by atoms with Crippen molar-refractivity contribution in [1.29, 1.82) is 0 Å². The summed E-state index contributed by atoms with van der Waals surface area (Å²) < 4.78 is 5.77. The van der Waals surface area contributed by atoms with Crippen molar-refractivity contribution in [2.24, 2.45) is 5.92 Å². The van der Waals surface area contributed by atoms with Gasteiger partial charge in [-0.1, -0.05) is 24.3 Å². The molecule has 1 N–H and O–H groups in total. The van der Waals surface area contributed by atoms with Crippen molar-refractivity contribution in [3.63, 3.8) is 0 Å². The van der Waals surface area contributed by atoms with E-state index in [1.165, 1.54) is 5.56 Å². The molecule has 1 aromatic carbocycles. The highest BCUT2D eigenvalue weighted by Crippen LogP contribution is 2.30. The number of fused-ring (bicyclic) bond motifs is 1. The summed E-state index contributed by atoms with van der Waals surface area (Å²) in [6.07, 6.45) is 1.59. The molecular weight excluding hydrogens is 252 g/mol. The molecule has 20 heavy (non-hydrogen) atoms. The predicted octanol–water partition coefficient (Wildman–Crippen LogP) is 1.37. The molecule has 0 spiro atoms. The third-order valence-electron chi connectivity index (χ3n) is 4.31. The Labute approximate surface area is 120 Å². The highest BCUT2D eigenvalue weighted by atomic mass is 16.5. The van der Waals surface area contributed by atoms with Gasteiger partial charge in [0, 0.05) is 13.1 Å². The zero-order valence-corrected chi connectivity index (χ0v) is 12.0. The molecule has 2 aliphatic rings. The molecule has 0 saturated carbocycles. The van der Waals surface area contributed by atoms with Gasteiger partial charge in [0.15, 0.2) is 6.10 Å². The number of hydrogen-bond donors (Lipinski definition) is 1. The first-order valence-corrected chi connectivity index (χ1v) is 7.42. The van der Waals surface area contributed by atoms with Gasteiger partial charge in [0.2, 0.25) is 0 Å². The summed E-state index contributed by atoms with van der Waals surface area (Å²) in [5.74, 6) is 0.707. The molecule has 3 rings (SSSR count). The second kappa shape index (κ2) is 5.94. The number of nitrogens with zero attached hydrogens (tertiary/aromatic N) is 1. The van der Waals surface area contributed by atoms with Gasteiger partial charge in [-0.25, -0.2) is 0 Å². The van der Waals surface area contributed by atoms with Gasteiger partial charge in [0.1, 0.15) is 0 Å². The van der Waals surface area contributed by atoms with Crippen molar-refractivity contribution >= 4 is 5.91 Å². The van der Waals surface area contributed by atoms with Crippen molar-refractivity contribution in [1.82, 2.24) is 10.2 Å². The summed E-state index contributed by atoms with van der Waals surface area (Å²) in [7, 11) is 1.96. The number of benzene rings is 1. The Morgan fingerprint density at radius 3 is 3.15 bits per heavy atom. The molecule has 0 aromatic heterocycles. The van der Waals surface area contributed by atoms with E-state index < -0.39 is 6.10 Å². The zero-order valence-electron chi connectivity index (χ0n) is 12.0. The third kappa shape index (κ3) is 2.58. The number of hydrogen-bond acceptors (Lipinski definition) is 3. The van der Waals surface area contributed by atoms with Crippen LogP contribution in [0.25, 0.3) is 0 Å². The van der Waals surface area contributed by atoms with E-state index in [0.717, 1.165) is 38.0 Å². The molecule has 0 unspecified atom stereocenters. The van der Waals surface area contributed by atoms with Gasteiger partial charge in [0.25, 0.3) is 5.91 Å². The molecule has 2 heterocycles. The van der Waals surface area contributed by atoms with Crippen LogP contribution in [-0.4, -0.2) is 44.1 Å². The van der Waals surface area contributed by atoms with Crippen LogP contribution in [0.5, 0.6) is 0 Å². The lowest BCUT2D eigenvalue weighted by Crippen LogP contribution is -2.37. The smallest absolute Gasteiger partial charge is 0.256 e. The molecule has 0 bridgehead atoms. The van der Waals surface area contributed by atoms with Crippen LogP contribution in [0.4, 0.5) is 0 Å². The Morgan fingerprint density at radius 1 is 1.45 bits per heavy atom. The number of nitrogens with one attached hydrogen (secondary N) is 1. The maximum absolute atomic E-state index is 12.7. The van der Waals surface area contributed by atoms with Gasteiger partial charge in [-0.3, -0.25) is 4.79 Å². The highest BCUT2D eigenvalue weighted by molar-refractivity contribution is 5.83. The highest BCUT2D eigenvalue weighted by Gasteiger charge is 2.34. The lowest BCUT2D eigenvalue weighted by molar-refractivity contribution is -0.144. The van der Waals surface area contributed by atoms with Crippen LogP contribution in [-0.2, 0) is 16.0 Å². The molecule has 4 heteroatoms. The quantitative estimate of drug-likeness (QED) is 0.905. The normalized spacial score (nSPS) is 25.6. The van der Waals surface area contributed by atoms with Crippen LogP contribution in [0.3, 0.4) is 0 Å². The maximum Gasteiger partial charge on any atom is 0.256 e. The summed E-state index contributed by atoms with van der Waals surface area (Å²) in [4.78, 5) is 14.7. The molecule has 0 radical (unpaired) electrons. The number of likely N-dealkylation sites (tertiary alicyclic amines) is 1. The number of rotatable bonds is 3. The molecule has 2 aliphatic heterocycles. The van der Waals surface area contributed by atoms with Crippen molar-refractivity contribution in [2.75, 3.05) is 33.3 Å². The van der Waals surface area contributed by atoms with E-state index in [9.17, 15) is 4.79 Å². The first kappa shape index (κ1) is 13.6. The van der Waals surface area contributed by atoms with Crippen molar-refractivity contribution < 1.29 is 9.53 Å². The van der Waals surface area contributed by atoms with Gasteiger partial charge in [-0.05, 0) is 43.5 Å². The van der Waals surface area contributed by atoms with Gasteiger partial charge >= 0.3 is 0 Å². The third-order valence-corrected chi connectivity index (χ3v) is 4.31. The number of carbonyl (C=O) groups excluding carboxylic acids is 1. The average Bonchev–Trinajstić information content (AvgIpc) is 2.95. The van der Waals surface area contributed by atoms with E-state index in [0.29, 0.717) is 12.5 Å². The standard InChI is InChI=1S/C16H22N2O2/c1-17-10-12-6-8-18(11-12)16(19)15-14-5-3-2-4-13(14)7-9-20-15/h2-5,12,15,17H,6-11H2,1H3/t12-,15+/m1/s1. The first-order valence-electron chi connectivity index (χ1n) is 7.42. The zero-order chi connectivity index (χ0) is 13.9. The number of amides is 1. The van der Waals surface area contributed by atoms with E-state index in [2.05, 4.69) is 11.4 Å². The first-order chi connectivity index (χ1) is 9.79. The summed E-state index contributed by atoms with van der Waals surface area (Å²) in [6.45, 7) is 3.32. The Bertz CT molecular complexity index is 489. The Kier molecular flexibility index (Phi) is 4.03. The largest absolute Gasteiger partial charge is 0.363 e. The molecule has 1 amide bonds. The number of ether oxygens (including phenoxy) is 1. The molecule has 4 nitrogen and oxygen atoms in total. The monoisotopic (exact) mass is 274 g/mol. The predicted molar refractivity (Wildman–Crippen MR) is 77.5 cm³/mol. The van der Waals surface area contributed by atoms with Crippen LogP contribution in [0.1, 0.15) is 23.7 Å². The van der Waals surface area contributed by atoms with Crippen LogP contribution in [0, 0.1) is 5.92 Å². The van der Waals surface area contributed by atoms with Gasteiger partial charge in [-0.2, -0.15) is 0 Å². The van der Waals surface area contributed by atoms with Crippen LogP contribution in [0.2, 0.25) is 0 Å². The van der Waals surface area contributed by atoms with Gasteiger partial charge in [-0.15, -0.1) is 0 Å². The van der Waals surface area contributed by atoms with E-state index in [1.54, 1.807) is 0 Å². The van der Waals surface area contributed by atoms with Crippen LogP contribution in [0.15, 0.2) is 24.3 Å². The van der Waals surface area contributed by atoms with Crippen molar-refractivity contribution in [2.45, 2.75) is 18.9 Å². The fraction of sp³-hybridized carbons (Fsp3) is 0.562. The Hall–Kier alpha value is -1.39. The molecule has 1 aromatic rings. The molecule has 1 saturated heterocycles. The van der Waals surface area contributed by atoms with Gasteiger partial charge < -0.3 is 15.0 Å². The minimum atomic E-state index is -0.395. The topological polar surface area (TPSA) is 41.6 Å². The van der Waals surface area contributed by atoms with E-state index in [-0.39, 0.29) is 5.91 Å². The molecule has 108 valence electrons. The molecular formula is C16H22N2O2. The fourth-order valence-electron chi connectivity index (χ4n) is 3.25. The maximum atomic E-state index is 12.7. The van der Waals surface area contributed by atoms with Gasteiger partial charge in [0.05, 0.1) is 6.61 Å². The van der Waals surface area contributed by atoms with E-state index in [4.69, 9.17) is 4.74 Å². The SMILES string of the molecule is CNC[C@H]1CCN(C(=O)[C@H]2OCCc3ccccc32)C1. The van der Waals surface area contributed by atoms with E-state index in [1.807, 2.05) is 30.1 Å². The Balaban J connectivity index is 1.73. The summed E-state index contributed by atoms with van der Waals surface area (Å²) in [5.41, 5.74) is 2.31. The lowest BCUT2D eigenvalue weighted by Gasteiger charge is -2.28. The molecule has 1 fully saturated rings. The fourth-order valence-corrected chi connectivity index (χ4v) is 3.25. The number of carbonyl (C=O) groups is 1. The minimum Gasteiger partial charge on any atom is -0.363 e. The summed E-state index contributed by atoms with van der Waals surface area (Å²) in [6, 6.07) is 8.15. The molecule has 2 atom stereocenters. The Morgan fingerprint density at radius 2 is 2.30 bits per heavy atom. The second-order valence-corrected chi connectivity index (χ2v) is 5.70.